The second-order valence-corrected chi connectivity index (χ2v) is 5.78. The summed E-state index contributed by atoms with van der Waals surface area (Å²) in [6.45, 7) is 4.79. The number of rotatable bonds is 5. The molecule has 0 amide bonds. The minimum Gasteiger partial charge on any atom is -0.329 e. The lowest BCUT2D eigenvalue weighted by Gasteiger charge is -2.37. The number of nitrogens with zero attached hydrogens (tertiary/aromatic N) is 2. The number of aryl methyl sites for hydroxylation is 1. The third kappa shape index (κ3) is 2.69. The quantitative estimate of drug-likeness (QED) is 0.907. The first kappa shape index (κ1) is 13.5. The number of nitrogens with two attached hydrogens (primary N) is 1. The van der Waals surface area contributed by atoms with Crippen LogP contribution in [0.2, 0.25) is 0 Å². The van der Waals surface area contributed by atoms with Gasteiger partial charge in [0, 0.05) is 36.8 Å². The van der Waals surface area contributed by atoms with Crippen LogP contribution in [0.1, 0.15) is 30.5 Å². The topological polar surface area (TPSA) is 42.1 Å². The van der Waals surface area contributed by atoms with Gasteiger partial charge in [-0.3, -0.25) is 9.88 Å². The molecule has 0 bridgehead atoms. The van der Waals surface area contributed by atoms with Gasteiger partial charge in [0.1, 0.15) is 0 Å². The fourth-order valence-electron chi connectivity index (χ4n) is 3.05. The fraction of sp³-hybridized carbons (Fsp3) is 0.471. The number of para-hydroxylation sites is 1. The van der Waals surface area contributed by atoms with Crippen molar-refractivity contribution in [3.8, 4) is 0 Å². The van der Waals surface area contributed by atoms with Crippen LogP contribution in [-0.4, -0.2) is 29.0 Å². The zero-order valence-corrected chi connectivity index (χ0v) is 12.2. The minimum absolute atomic E-state index is 0.728. The molecule has 1 heterocycles. The van der Waals surface area contributed by atoms with E-state index in [-0.39, 0.29) is 0 Å². The van der Waals surface area contributed by atoms with E-state index in [2.05, 4.69) is 47.1 Å². The minimum atomic E-state index is 0.728. The molecule has 106 valence electrons. The Morgan fingerprint density at radius 3 is 2.80 bits per heavy atom. The van der Waals surface area contributed by atoms with Crippen LogP contribution in [0.25, 0.3) is 10.9 Å². The molecule has 2 aromatic rings. The summed E-state index contributed by atoms with van der Waals surface area (Å²) < 4.78 is 0. The van der Waals surface area contributed by atoms with Gasteiger partial charge < -0.3 is 5.73 Å². The Bertz CT molecular complexity index is 590. The van der Waals surface area contributed by atoms with Crippen molar-refractivity contribution in [2.75, 3.05) is 13.1 Å². The van der Waals surface area contributed by atoms with E-state index in [0.29, 0.717) is 0 Å². The number of pyridine rings is 1. The number of aromatic nitrogens is 1. The summed E-state index contributed by atoms with van der Waals surface area (Å²) in [7, 11) is 0. The van der Waals surface area contributed by atoms with E-state index in [1.165, 1.54) is 30.2 Å². The molecule has 1 aliphatic rings. The molecule has 0 unspecified atom stereocenters. The molecule has 0 spiro atoms. The largest absolute Gasteiger partial charge is 0.329 e. The molecule has 1 aromatic carbocycles. The smallest absolute Gasteiger partial charge is 0.0708 e. The first-order valence-corrected chi connectivity index (χ1v) is 7.57. The van der Waals surface area contributed by atoms with Crippen molar-refractivity contribution in [3.05, 3.63) is 41.6 Å². The van der Waals surface area contributed by atoms with Gasteiger partial charge in [-0.25, -0.2) is 0 Å². The fourth-order valence-corrected chi connectivity index (χ4v) is 3.05. The van der Waals surface area contributed by atoms with Gasteiger partial charge >= 0.3 is 0 Å². The van der Waals surface area contributed by atoms with Gasteiger partial charge in [-0.05, 0) is 37.5 Å². The molecule has 0 aliphatic heterocycles. The summed E-state index contributed by atoms with van der Waals surface area (Å²) in [6.07, 6.45) is 4.01. The van der Waals surface area contributed by atoms with Crippen molar-refractivity contribution < 1.29 is 0 Å². The van der Waals surface area contributed by atoms with Gasteiger partial charge in [0.15, 0.2) is 0 Å². The molecule has 1 saturated carbocycles. The normalized spacial score (nSPS) is 15.8. The molecule has 3 rings (SSSR count). The lowest BCUT2D eigenvalue weighted by atomic mass is 9.91. The van der Waals surface area contributed by atoms with Gasteiger partial charge in [0.05, 0.1) is 5.52 Å². The molecule has 3 nitrogen and oxygen atoms in total. The van der Waals surface area contributed by atoms with Crippen LogP contribution in [0.15, 0.2) is 30.3 Å². The Morgan fingerprint density at radius 1 is 1.30 bits per heavy atom. The molecular formula is C17H23N3. The average Bonchev–Trinajstić information content (AvgIpc) is 2.36. The summed E-state index contributed by atoms with van der Waals surface area (Å²) in [4.78, 5) is 7.17. The summed E-state index contributed by atoms with van der Waals surface area (Å²) >= 11 is 0. The Balaban J connectivity index is 1.91. The third-order valence-electron chi connectivity index (χ3n) is 4.31. The molecule has 0 radical (unpaired) electrons. The monoisotopic (exact) mass is 269 g/mol. The van der Waals surface area contributed by atoms with Crippen molar-refractivity contribution >= 4 is 10.9 Å². The lowest BCUT2D eigenvalue weighted by molar-refractivity contribution is 0.124. The molecule has 1 aliphatic carbocycles. The van der Waals surface area contributed by atoms with Crippen molar-refractivity contribution in [1.29, 1.82) is 0 Å². The van der Waals surface area contributed by atoms with E-state index < -0.39 is 0 Å². The highest BCUT2D eigenvalue weighted by atomic mass is 15.2. The zero-order valence-electron chi connectivity index (χ0n) is 12.2. The summed E-state index contributed by atoms with van der Waals surface area (Å²) in [5.41, 5.74) is 9.37. The van der Waals surface area contributed by atoms with Crippen molar-refractivity contribution in [2.24, 2.45) is 5.73 Å². The molecular weight excluding hydrogens is 246 g/mol. The maximum absolute atomic E-state index is 5.79. The van der Waals surface area contributed by atoms with Crippen LogP contribution in [0, 0.1) is 6.92 Å². The van der Waals surface area contributed by atoms with Crippen LogP contribution < -0.4 is 5.73 Å². The van der Waals surface area contributed by atoms with Crippen LogP contribution in [0.5, 0.6) is 0 Å². The zero-order chi connectivity index (χ0) is 13.9. The number of benzene rings is 1. The molecule has 1 aromatic heterocycles. The third-order valence-corrected chi connectivity index (χ3v) is 4.31. The van der Waals surface area contributed by atoms with Crippen molar-refractivity contribution in [2.45, 2.75) is 38.8 Å². The predicted octanol–water partition coefficient (Wildman–Crippen LogP) is 2.86. The summed E-state index contributed by atoms with van der Waals surface area (Å²) in [6, 6.07) is 11.4. The predicted molar refractivity (Wildman–Crippen MR) is 83.6 cm³/mol. The van der Waals surface area contributed by atoms with Crippen LogP contribution in [0.4, 0.5) is 0 Å². The van der Waals surface area contributed by atoms with Crippen LogP contribution in [-0.2, 0) is 6.54 Å². The Kier molecular flexibility index (Phi) is 3.99. The second-order valence-electron chi connectivity index (χ2n) is 5.78. The van der Waals surface area contributed by atoms with Crippen LogP contribution >= 0.6 is 0 Å². The van der Waals surface area contributed by atoms with Crippen molar-refractivity contribution in [1.82, 2.24) is 9.88 Å². The van der Waals surface area contributed by atoms with Gasteiger partial charge in [-0.15, -0.1) is 0 Å². The molecule has 0 atom stereocenters. The van der Waals surface area contributed by atoms with E-state index in [1.807, 2.05) is 0 Å². The van der Waals surface area contributed by atoms with E-state index in [1.54, 1.807) is 0 Å². The first-order valence-electron chi connectivity index (χ1n) is 7.57. The Morgan fingerprint density at radius 2 is 2.10 bits per heavy atom. The van der Waals surface area contributed by atoms with Crippen molar-refractivity contribution in [3.63, 3.8) is 0 Å². The highest BCUT2D eigenvalue weighted by Gasteiger charge is 2.24. The maximum Gasteiger partial charge on any atom is 0.0708 e. The highest BCUT2D eigenvalue weighted by molar-refractivity contribution is 5.82. The van der Waals surface area contributed by atoms with E-state index in [9.17, 15) is 0 Å². The van der Waals surface area contributed by atoms with Gasteiger partial charge in [0.25, 0.3) is 0 Å². The standard InChI is InChI=1S/C17H23N3/c1-13-11-14(16-7-2-3-8-17(16)19-13)12-20(10-9-18)15-5-4-6-15/h2-3,7-8,11,15H,4-6,9-10,12,18H2,1H3. The Hall–Kier alpha value is -1.45. The number of hydrogen-bond acceptors (Lipinski definition) is 3. The molecule has 1 fully saturated rings. The first-order chi connectivity index (χ1) is 9.78. The second kappa shape index (κ2) is 5.90. The number of fused-ring (bicyclic) bond motifs is 1. The van der Waals surface area contributed by atoms with Crippen LogP contribution in [0.3, 0.4) is 0 Å². The van der Waals surface area contributed by atoms with E-state index in [0.717, 1.165) is 36.9 Å². The molecule has 20 heavy (non-hydrogen) atoms. The number of hydrogen-bond donors (Lipinski definition) is 1. The maximum atomic E-state index is 5.79. The van der Waals surface area contributed by atoms with Gasteiger partial charge in [-0.1, -0.05) is 24.6 Å². The lowest BCUT2D eigenvalue weighted by Crippen LogP contribution is -2.42. The molecule has 2 N–H and O–H groups in total. The molecule has 0 saturated heterocycles. The SMILES string of the molecule is Cc1cc(CN(CCN)C2CCC2)c2ccccc2n1. The van der Waals surface area contributed by atoms with E-state index >= 15 is 0 Å². The summed E-state index contributed by atoms with van der Waals surface area (Å²) in [5, 5.41) is 1.28. The average molecular weight is 269 g/mol. The highest BCUT2D eigenvalue weighted by Crippen LogP contribution is 2.27. The van der Waals surface area contributed by atoms with Gasteiger partial charge in [-0.2, -0.15) is 0 Å². The van der Waals surface area contributed by atoms with E-state index in [4.69, 9.17) is 5.73 Å². The summed E-state index contributed by atoms with van der Waals surface area (Å²) in [5.74, 6) is 0. The molecule has 3 heteroatoms. The Labute approximate surface area is 120 Å². The van der Waals surface area contributed by atoms with Gasteiger partial charge in [0.2, 0.25) is 0 Å².